The van der Waals surface area contributed by atoms with Crippen LogP contribution in [0.3, 0.4) is 0 Å². The Labute approximate surface area is 135 Å². The summed E-state index contributed by atoms with van der Waals surface area (Å²) in [4.78, 5) is 12.7. The molecule has 0 bridgehead atoms. The Hall–Kier alpha value is -2.72. The minimum absolute atomic E-state index is 0.00957. The van der Waals surface area contributed by atoms with Crippen molar-refractivity contribution >= 4 is 20.5 Å². The van der Waals surface area contributed by atoms with Crippen molar-refractivity contribution < 1.29 is 10.2 Å². The maximum atomic E-state index is 10.1. The van der Waals surface area contributed by atoms with Gasteiger partial charge in [0.2, 0.25) is 5.95 Å². The summed E-state index contributed by atoms with van der Waals surface area (Å²) in [6.07, 6.45) is 0. The van der Waals surface area contributed by atoms with E-state index in [1.54, 1.807) is 43.3 Å². The van der Waals surface area contributed by atoms with Gasteiger partial charge in [-0.2, -0.15) is 0 Å². The molecule has 0 spiro atoms. The van der Waals surface area contributed by atoms with Crippen molar-refractivity contribution in [2.24, 2.45) is 0 Å². The summed E-state index contributed by atoms with van der Waals surface area (Å²) >= 11 is 0. The molecule has 1 unspecified atom stereocenters. The van der Waals surface area contributed by atoms with E-state index in [1.807, 2.05) is 0 Å². The summed E-state index contributed by atoms with van der Waals surface area (Å²) in [5, 5.41) is 20.4. The van der Waals surface area contributed by atoms with Gasteiger partial charge in [0.15, 0.2) is 0 Å². The molecule has 116 valence electrons. The molecule has 6 nitrogen and oxygen atoms in total. The number of phenolic OH excluding ortho intramolecular Hbond substituents is 1. The summed E-state index contributed by atoms with van der Waals surface area (Å²) in [6, 6.07) is 9.95. The van der Waals surface area contributed by atoms with E-state index in [0.717, 1.165) is 10.9 Å². The number of nitrogens with two attached hydrogens (primary N) is 1. The maximum absolute atomic E-state index is 10.1. The van der Waals surface area contributed by atoms with Gasteiger partial charge in [-0.1, -0.05) is 0 Å². The number of anilines is 1. The molecule has 0 fully saturated rings. The van der Waals surface area contributed by atoms with E-state index in [1.165, 1.54) is 0 Å². The lowest BCUT2D eigenvalue weighted by molar-refractivity contribution is 0.474. The van der Waals surface area contributed by atoms with Crippen LogP contribution in [0.2, 0.25) is 0 Å². The highest BCUT2D eigenvalue weighted by Crippen LogP contribution is 2.30. The van der Waals surface area contributed by atoms with Crippen molar-refractivity contribution in [3.05, 3.63) is 42.1 Å². The Morgan fingerprint density at radius 2 is 1.74 bits per heavy atom. The van der Waals surface area contributed by atoms with Gasteiger partial charge in [0.05, 0.1) is 11.4 Å². The molecule has 0 aliphatic carbocycles. The normalized spacial score (nSPS) is 10.7. The van der Waals surface area contributed by atoms with Gasteiger partial charge in [-0.15, -0.1) is 9.24 Å². The first kappa shape index (κ1) is 15.2. The maximum Gasteiger partial charge on any atom is 0.220 e. The second-order valence-electron chi connectivity index (χ2n) is 5.09. The number of benzene rings is 1. The highest BCUT2D eigenvalue weighted by molar-refractivity contribution is 7.28. The van der Waals surface area contributed by atoms with Gasteiger partial charge in [-0.25, -0.2) is 15.0 Å². The van der Waals surface area contributed by atoms with Gasteiger partial charge in [0.1, 0.15) is 17.2 Å². The molecule has 23 heavy (non-hydrogen) atoms. The number of nitrogens with zero attached hydrogens (tertiary/aromatic N) is 3. The lowest BCUT2D eigenvalue weighted by Gasteiger charge is -2.10. The second kappa shape index (κ2) is 5.82. The predicted octanol–water partition coefficient (Wildman–Crippen LogP) is 2.01. The molecule has 4 N–H and O–H groups in total. The molecule has 1 atom stereocenters. The molecule has 2 heterocycles. The number of phenols is 1. The van der Waals surface area contributed by atoms with Crippen LogP contribution in [0.5, 0.6) is 11.5 Å². The van der Waals surface area contributed by atoms with Crippen LogP contribution in [0.4, 0.5) is 5.95 Å². The van der Waals surface area contributed by atoms with Crippen LogP contribution in [0.15, 0.2) is 36.4 Å². The molecule has 3 aromatic rings. The fourth-order valence-corrected chi connectivity index (χ4v) is 2.70. The van der Waals surface area contributed by atoms with Crippen molar-refractivity contribution in [1.82, 2.24) is 15.0 Å². The largest absolute Gasteiger partial charge is 0.508 e. The van der Waals surface area contributed by atoms with Crippen LogP contribution in [0.1, 0.15) is 5.69 Å². The topological polar surface area (TPSA) is 105 Å². The zero-order chi connectivity index (χ0) is 16.6. The highest BCUT2D eigenvalue weighted by atomic mass is 31.0. The second-order valence-corrected chi connectivity index (χ2v) is 5.71. The first-order valence-corrected chi connectivity index (χ1v) is 7.42. The zero-order valence-electron chi connectivity index (χ0n) is 12.4. The molecule has 0 aliphatic rings. The monoisotopic (exact) mass is 326 g/mol. The number of nitrogen functional groups attached to an aromatic ring is 1. The molecule has 7 heteroatoms. The van der Waals surface area contributed by atoms with Gasteiger partial charge in [0, 0.05) is 11.3 Å². The smallest absolute Gasteiger partial charge is 0.220 e. The molecule has 0 saturated heterocycles. The van der Waals surface area contributed by atoms with Crippen molar-refractivity contribution in [3.63, 3.8) is 0 Å². The number of pyridine rings is 1. The quantitative estimate of drug-likeness (QED) is 0.622. The van der Waals surface area contributed by atoms with Crippen LogP contribution in [-0.2, 0) is 0 Å². The molecule has 0 amide bonds. The molecule has 0 radical (unpaired) electrons. The number of hydrogen-bond acceptors (Lipinski definition) is 6. The average molecular weight is 326 g/mol. The van der Waals surface area contributed by atoms with Crippen molar-refractivity contribution in [2.45, 2.75) is 6.92 Å². The first-order chi connectivity index (χ1) is 10.9. The van der Waals surface area contributed by atoms with Gasteiger partial charge in [0.25, 0.3) is 0 Å². The lowest BCUT2D eigenvalue weighted by Crippen LogP contribution is -2.01. The van der Waals surface area contributed by atoms with Gasteiger partial charge >= 0.3 is 0 Å². The molecular formula is C16H15N4O2P. The Balaban J connectivity index is 2.16. The summed E-state index contributed by atoms with van der Waals surface area (Å²) in [5.74, 6) is 0.315. The first-order valence-electron chi connectivity index (χ1n) is 6.84. The number of hydrogen-bond donors (Lipinski definition) is 3. The van der Waals surface area contributed by atoms with Gasteiger partial charge in [-0.05, 0) is 48.6 Å². The van der Waals surface area contributed by atoms with E-state index in [0.29, 0.717) is 22.8 Å². The average Bonchev–Trinajstić information content (AvgIpc) is 2.47. The Bertz CT molecular complexity index is 879. The standard InChI is InChI=1S/C16H15N4O2P/c1-8-6-12(20-16(17)18-8)15-13(22)5-4-11(19-15)10-3-2-9(21)7-14(10)23/h2-7,21-22H,23H2,1H3,(H2,17,18,20). The number of rotatable bonds is 2. The van der Waals surface area contributed by atoms with E-state index in [2.05, 4.69) is 24.2 Å². The van der Waals surface area contributed by atoms with Crippen LogP contribution in [0.25, 0.3) is 22.6 Å². The molecule has 3 rings (SSSR count). The third-order valence-corrected chi connectivity index (χ3v) is 3.78. The van der Waals surface area contributed by atoms with Gasteiger partial charge in [-0.3, -0.25) is 0 Å². The third-order valence-electron chi connectivity index (χ3n) is 3.30. The lowest BCUT2D eigenvalue weighted by atomic mass is 10.1. The third kappa shape index (κ3) is 3.07. The van der Waals surface area contributed by atoms with Crippen LogP contribution >= 0.6 is 9.24 Å². The molecular weight excluding hydrogens is 311 g/mol. The Morgan fingerprint density at radius 3 is 2.43 bits per heavy atom. The number of aromatic hydroxyl groups is 2. The SMILES string of the molecule is Cc1cc(-c2nc(-c3ccc(O)cc3P)ccc2O)nc(N)n1. The van der Waals surface area contributed by atoms with Gasteiger partial charge < -0.3 is 15.9 Å². The fourth-order valence-electron chi connectivity index (χ4n) is 2.29. The van der Waals surface area contributed by atoms with Crippen molar-refractivity contribution in [2.75, 3.05) is 5.73 Å². The van der Waals surface area contributed by atoms with Crippen LogP contribution < -0.4 is 11.0 Å². The summed E-state index contributed by atoms with van der Waals surface area (Å²) in [6.45, 7) is 1.79. The summed E-state index contributed by atoms with van der Waals surface area (Å²) < 4.78 is 0. The predicted molar refractivity (Wildman–Crippen MR) is 92.5 cm³/mol. The van der Waals surface area contributed by atoms with Crippen LogP contribution in [-0.4, -0.2) is 25.2 Å². The molecule has 0 aliphatic heterocycles. The van der Waals surface area contributed by atoms with E-state index in [4.69, 9.17) is 5.73 Å². The summed E-state index contributed by atoms with van der Waals surface area (Å²) in [5.41, 5.74) is 8.63. The Morgan fingerprint density at radius 1 is 0.957 bits per heavy atom. The van der Waals surface area contributed by atoms with Crippen molar-refractivity contribution in [1.29, 1.82) is 0 Å². The number of aromatic nitrogens is 3. The van der Waals surface area contributed by atoms with E-state index in [-0.39, 0.29) is 17.4 Å². The minimum atomic E-state index is 0.00957. The minimum Gasteiger partial charge on any atom is -0.508 e. The van der Waals surface area contributed by atoms with Crippen molar-refractivity contribution in [3.8, 4) is 34.1 Å². The highest BCUT2D eigenvalue weighted by Gasteiger charge is 2.13. The molecule has 1 aromatic carbocycles. The van der Waals surface area contributed by atoms with E-state index in [9.17, 15) is 10.2 Å². The van der Waals surface area contributed by atoms with E-state index >= 15 is 0 Å². The fraction of sp³-hybridized carbons (Fsp3) is 0.0625. The summed E-state index contributed by atoms with van der Waals surface area (Å²) in [7, 11) is 2.56. The van der Waals surface area contributed by atoms with E-state index < -0.39 is 0 Å². The molecule has 2 aromatic heterocycles. The Kier molecular flexibility index (Phi) is 3.84. The zero-order valence-corrected chi connectivity index (χ0v) is 13.5. The molecule has 0 saturated carbocycles. The number of aryl methyl sites for hydroxylation is 1. The van der Waals surface area contributed by atoms with Crippen LogP contribution in [0, 0.1) is 6.92 Å².